The lowest BCUT2D eigenvalue weighted by Crippen LogP contribution is -2.44. The molecule has 270 valence electrons. The van der Waals surface area contributed by atoms with E-state index in [2.05, 4.69) is 118 Å². The Kier molecular flexibility index (Phi) is 27.1. The van der Waals surface area contributed by atoms with Gasteiger partial charge in [-0.25, -0.2) is 0 Å². The lowest BCUT2D eigenvalue weighted by atomic mass is 9.84. The van der Waals surface area contributed by atoms with E-state index in [1.807, 2.05) is 0 Å². The average Bonchev–Trinajstić information content (AvgIpc) is 2.64. The molecule has 0 heterocycles. The zero-order chi connectivity index (χ0) is 37.3. The lowest BCUT2D eigenvalue weighted by Gasteiger charge is -2.29. The molecule has 0 aromatic heterocycles. The van der Waals surface area contributed by atoms with Crippen molar-refractivity contribution in [2.24, 2.45) is 38.9 Å². The van der Waals surface area contributed by atoms with E-state index in [0.29, 0.717) is 21.7 Å². The van der Waals surface area contributed by atoms with Crippen molar-refractivity contribution < 1.29 is 39.5 Å². The van der Waals surface area contributed by atoms with Gasteiger partial charge in [-0.15, -0.1) is 0 Å². The summed E-state index contributed by atoms with van der Waals surface area (Å²) in [5, 5.41) is 0. The minimum Gasteiger partial charge on any atom is -0.171 e. The van der Waals surface area contributed by atoms with Crippen LogP contribution in [-0.4, -0.2) is 18.5 Å². The van der Waals surface area contributed by atoms with E-state index in [0.717, 1.165) is 19.8 Å². The van der Waals surface area contributed by atoms with E-state index in [4.69, 9.17) is 0 Å². The number of halogens is 9. The predicted octanol–water partition coefficient (Wildman–Crippen LogP) is 15.4. The molecule has 0 radical (unpaired) electrons. The molecule has 0 amide bonds. The van der Waals surface area contributed by atoms with Crippen LogP contribution in [0.5, 0.6) is 0 Å². The van der Waals surface area contributed by atoms with E-state index < -0.39 is 29.9 Å². The van der Waals surface area contributed by atoms with E-state index >= 15 is 0 Å². The van der Waals surface area contributed by atoms with Gasteiger partial charge in [-0.3, -0.25) is 0 Å². The molecule has 0 atom stereocenters. The maximum Gasteiger partial charge on any atom is 0.402 e. The number of hydrogen-bond acceptors (Lipinski definition) is 0. The third kappa shape index (κ3) is 48.5. The molecule has 0 fully saturated rings. The number of hydrogen-bond donors (Lipinski definition) is 0. The van der Waals surface area contributed by atoms with Crippen LogP contribution < -0.4 is 0 Å². The summed E-state index contributed by atoms with van der Waals surface area (Å²) in [4.78, 5) is 0. The van der Waals surface area contributed by atoms with Gasteiger partial charge in [-0.2, -0.15) is 39.5 Å². The number of alkyl halides is 9. The van der Waals surface area contributed by atoms with Crippen molar-refractivity contribution in [1.82, 2.24) is 0 Å². The molecule has 0 aromatic carbocycles. The van der Waals surface area contributed by atoms with Crippen LogP contribution in [0.3, 0.4) is 0 Å². The highest BCUT2D eigenvalue weighted by atomic mass is 19.4. The van der Waals surface area contributed by atoms with Crippen molar-refractivity contribution in [1.29, 1.82) is 0 Å². The summed E-state index contributed by atoms with van der Waals surface area (Å²) in [5.74, 6) is -0.403. The minimum absolute atomic E-state index is 0.104. The fourth-order valence-electron chi connectivity index (χ4n) is 0.911. The predicted molar refractivity (Wildman–Crippen MR) is 170 cm³/mol. The molecule has 0 spiro atoms. The maximum atomic E-state index is 11.6. The summed E-state index contributed by atoms with van der Waals surface area (Å²) < 4.78 is 103. The molecule has 0 bridgehead atoms. The molecule has 9 heteroatoms. The zero-order valence-electron chi connectivity index (χ0n) is 31.7. The van der Waals surface area contributed by atoms with E-state index in [9.17, 15) is 39.5 Å². The van der Waals surface area contributed by atoms with Crippen LogP contribution in [-0.2, 0) is 0 Å². The van der Waals surface area contributed by atoms with Crippen molar-refractivity contribution in [2.75, 3.05) is 0 Å². The Labute approximate surface area is 261 Å². The Morgan fingerprint density at radius 2 is 0.628 bits per heavy atom. The largest absolute Gasteiger partial charge is 0.402 e. The summed E-state index contributed by atoms with van der Waals surface area (Å²) in [6.45, 7) is 40.5. The van der Waals surface area contributed by atoms with E-state index in [1.54, 1.807) is 0 Å². The standard InChI is InChI=1S/2C7H16.C6H14.C5H6F6.C5H12.C4H7F3/c1-6(2)7(3,4)5;1-5-6-7(2,3)4;1-5-6(2,3)4;1-3(2,4(6,7)8)5(9,10)11;1-5(2,3)4;1-3(2)4(5,6)7/h6H,1-5H3;5-6H2,1-4H3;5H2,1-4H3;1-2H3;1-4H3;3H,1-2H3. The van der Waals surface area contributed by atoms with Crippen molar-refractivity contribution in [3.8, 4) is 0 Å². The Hall–Kier alpha value is -0.630. The summed E-state index contributed by atoms with van der Waals surface area (Å²) in [5.41, 5.74) is -1.53. The first-order valence-electron chi connectivity index (χ1n) is 15.2. The van der Waals surface area contributed by atoms with E-state index in [1.165, 1.54) is 19.3 Å². The quantitative estimate of drug-likeness (QED) is 0.248. The van der Waals surface area contributed by atoms with Crippen molar-refractivity contribution in [3.05, 3.63) is 0 Å². The van der Waals surface area contributed by atoms with Gasteiger partial charge in [0, 0.05) is 5.92 Å². The van der Waals surface area contributed by atoms with Crippen molar-refractivity contribution >= 4 is 0 Å². The van der Waals surface area contributed by atoms with Gasteiger partial charge in [0.05, 0.1) is 0 Å². The van der Waals surface area contributed by atoms with Crippen LogP contribution >= 0.6 is 0 Å². The van der Waals surface area contributed by atoms with Crippen molar-refractivity contribution in [3.63, 3.8) is 0 Å². The number of rotatable bonds is 1. The van der Waals surface area contributed by atoms with Gasteiger partial charge in [-0.1, -0.05) is 144 Å². The zero-order valence-corrected chi connectivity index (χ0v) is 31.7. The molecule has 0 saturated carbocycles. The molecule has 0 aliphatic heterocycles. The molecular formula is C34H71F9. The van der Waals surface area contributed by atoms with Gasteiger partial charge in [0.25, 0.3) is 0 Å². The van der Waals surface area contributed by atoms with Gasteiger partial charge in [0.2, 0.25) is 0 Å². The third-order valence-corrected chi connectivity index (χ3v) is 5.86. The first-order chi connectivity index (χ1) is 18.0. The third-order valence-electron chi connectivity index (χ3n) is 5.86. The first kappa shape index (κ1) is 54.8. The van der Waals surface area contributed by atoms with Crippen molar-refractivity contribution in [2.45, 2.75) is 183 Å². The van der Waals surface area contributed by atoms with Crippen LogP contribution in [0.4, 0.5) is 39.5 Å². The molecule has 0 aliphatic carbocycles. The fraction of sp³-hybridized carbons (Fsp3) is 1.00. The second kappa shape index (κ2) is 21.2. The van der Waals surface area contributed by atoms with Gasteiger partial charge < -0.3 is 0 Å². The second-order valence-corrected chi connectivity index (χ2v) is 17.1. The highest BCUT2D eigenvalue weighted by molar-refractivity contribution is 4.84. The Morgan fingerprint density at radius 1 is 0.442 bits per heavy atom. The summed E-state index contributed by atoms with van der Waals surface area (Å²) in [6, 6.07) is 0. The van der Waals surface area contributed by atoms with Crippen LogP contribution in [0, 0.1) is 38.9 Å². The topological polar surface area (TPSA) is 0 Å². The normalized spacial score (nSPS) is 13.1. The van der Waals surface area contributed by atoms with E-state index in [-0.39, 0.29) is 13.8 Å². The molecule has 0 aliphatic rings. The molecular weight excluding hydrogens is 579 g/mol. The Bertz CT molecular complexity index is 582. The second-order valence-electron chi connectivity index (χ2n) is 17.1. The molecule has 43 heavy (non-hydrogen) atoms. The van der Waals surface area contributed by atoms with Crippen LogP contribution in [0.2, 0.25) is 0 Å². The maximum absolute atomic E-state index is 11.6. The summed E-state index contributed by atoms with van der Waals surface area (Å²) >= 11 is 0. The van der Waals surface area contributed by atoms with Crippen LogP contribution in [0.15, 0.2) is 0 Å². The highest BCUT2D eigenvalue weighted by Crippen LogP contribution is 2.49. The molecule has 0 N–H and O–H groups in total. The smallest absolute Gasteiger partial charge is 0.171 e. The van der Waals surface area contributed by atoms with Gasteiger partial charge in [-0.05, 0) is 47.8 Å². The molecule has 0 saturated heterocycles. The minimum atomic E-state index is -5.24. The molecule has 0 aromatic rings. The molecule has 0 rings (SSSR count). The fourth-order valence-corrected chi connectivity index (χ4v) is 0.911. The molecule has 0 unspecified atom stereocenters. The highest BCUT2D eigenvalue weighted by Gasteiger charge is 2.64. The Balaban J connectivity index is -0.0000000974. The first-order valence-corrected chi connectivity index (χ1v) is 15.2. The van der Waals surface area contributed by atoms with Crippen LogP contribution in [0.25, 0.3) is 0 Å². The average molecular weight is 651 g/mol. The molecule has 0 nitrogen and oxygen atoms in total. The summed E-state index contributed by atoms with van der Waals surface area (Å²) in [7, 11) is 0. The van der Waals surface area contributed by atoms with Crippen LogP contribution in [0.1, 0.15) is 165 Å². The SMILES string of the molecule is CC(C)(C(F)(F)F)C(F)(F)F.CC(C)(C)C.CC(C)C(C)(C)C.CC(C)C(F)(F)F.CCC(C)(C)C.CCCC(C)(C)C. The van der Waals surface area contributed by atoms with Gasteiger partial charge >= 0.3 is 18.5 Å². The monoisotopic (exact) mass is 651 g/mol. The van der Waals surface area contributed by atoms with Gasteiger partial charge in [0.15, 0.2) is 5.41 Å². The lowest BCUT2D eigenvalue weighted by molar-refractivity contribution is -0.327. The van der Waals surface area contributed by atoms with Gasteiger partial charge in [0.1, 0.15) is 0 Å². The Morgan fingerprint density at radius 3 is 0.628 bits per heavy atom. The summed E-state index contributed by atoms with van der Waals surface area (Å²) in [6.07, 6.45) is -10.6.